The number of aromatic nitrogens is 3. The first-order valence-electron chi connectivity index (χ1n) is 6.00. The molecule has 1 aromatic carbocycles. The number of nitrogens with two attached hydrogens (primary N) is 1. The predicted molar refractivity (Wildman–Crippen MR) is 79.2 cm³/mol. The van der Waals surface area contributed by atoms with Crippen molar-refractivity contribution in [3.63, 3.8) is 0 Å². The molecule has 1 heterocycles. The van der Waals surface area contributed by atoms with Gasteiger partial charge in [-0.3, -0.25) is 4.79 Å². The van der Waals surface area contributed by atoms with E-state index in [0.29, 0.717) is 6.54 Å². The maximum absolute atomic E-state index is 11.9. The van der Waals surface area contributed by atoms with Crippen molar-refractivity contribution < 1.29 is 4.79 Å². The predicted octanol–water partition coefficient (Wildman–Crippen LogP) is 1.16. The Labute approximate surface area is 123 Å². The zero-order valence-electron chi connectivity index (χ0n) is 11.4. The zero-order chi connectivity index (χ0) is 13.9. The van der Waals surface area contributed by atoms with Gasteiger partial charge in [0.05, 0.1) is 11.9 Å². The van der Waals surface area contributed by atoms with E-state index < -0.39 is 5.54 Å². The van der Waals surface area contributed by atoms with Crippen LogP contribution in [-0.2, 0) is 0 Å². The Balaban J connectivity index is 0.00000200. The van der Waals surface area contributed by atoms with Gasteiger partial charge in [-0.15, -0.1) is 17.5 Å². The van der Waals surface area contributed by atoms with Crippen molar-refractivity contribution in [3.05, 3.63) is 42.2 Å². The molecule has 0 aliphatic rings. The van der Waals surface area contributed by atoms with E-state index in [9.17, 15) is 4.79 Å². The molecule has 0 unspecified atom stereocenters. The van der Waals surface area contributed by atoms with Gasteiger partial charge in [0.15, 0.2) is 5.69 Å². The van der Waals surface area contributed by atoms with Crippen molar-refractivity contribution in [1.82, 2.24) is 20.3 Å². The minimum atomic E-state index is -0.453. The Morgan fingerprint density at radius 2 is 2.00 bits per heavy atom. The van der Waals surface area contributed by atoms with E-state index in [2.05, 4.69) is 15.5 Å². The van der Waals surface area contributed by atoms with E-state index in [-0.39, 0.29) is 24.0 Å². The van der Waals surface area contributed by atoms with Gasteiger partial charge in [0.25, 0.3) is 5.91 Å². The van der Waals surface area contributed by atoms with Gasteiger partial charge in [-0.05, 0) is 26.0 Å². The average molecular weight is 296 g/mol. The second-order valence-electron chi connectivity index (χ2n) is 5.03. The number of halogens is 1. The number of rotatable bonds is 4. The highest BCUT2D eigenvalue weighted by molar-refractivity contribution is 5.91. The molecule has 0 aliphatic heterocycles. The van der Waals surface area contributed by atoms with Gasteiger partial charge in [0.1, 0.15) is 0 Å². The van der Waals surface area contributed by atoms with E-state index in [4.69, 9.17) is 5.73 Å². The van der Waals surface area contributed by atoms with Gasteiger partial charge in [0.2, 0.25) is 0 Å². The van der Waals surface area contributed by atoms with Crippen molar-refractivity contribution in [2.75, 3.05) is 6.54 Å². The second-order valence-corrected chi connectivity index (χ2v) is 5.03. The summed E-state index contributed by atoms with van der Waals surface area (Å²) < 4.78 is 0. The minimum Gasteiger partial charge on any atom is -0.349 e. The van der Waals surface area contributed by atoms with Crippen LogP contribution < -0.4 is 11.1 Å². The maximum atomic E-state index is 11.9. The van der Waals surface area contributed by atoms with Crippen LogP contribution in [0.1, 0.15) is 24.3 Å². The number of benzene rings is 1. The molecule has 2 rings (SSSR count). The van der Waals surface area contributed by atoms with E-state index in [1.807, 2.05) is 44.2 Å². The summed E-state index contributed by atoms with van der Waals surface area (Å²) in [5, 5.41) is 10.9. The molecule has 0 saturated carbocycles. The summed E-state index contributed by atoms with van der Waals surface area (Å²) in [4.78, 5) is 13.3. The van der Waals surface area contributed by atoms with Crippen LogP contribution in [0.2, 0.25) is 0 Å². The number of nitrogens with zero attached hydrogens (tertiary/aromatic N) is 3. The number of carbonyl (C=O) groups excluding carboxylic acids is 1. The number of carbonyl (C=O) groups is 1. The fourth-order valence-electron chi connectivity index (χ4n) is 1.45. The number of nitrogens with one attached hydrogen (secondary N) is 1. The third-order valence-corrected chi connectivity index (χ3v) is 2.42. The lowest BCUT2D eigenvalue weighted by molar-refractivity contribution is 0.0940. The summed E-state index contributed by atoms with van der Waals surface area (Å²) in [5.41, 5.74) is 6.43. The van der Waals surface area contributed by atoms with Gasteiger partial charge in [-0.25, -0.2) is 0 Å². The highest BCUT2D eigenvalue weighted by Crippen LogP contribution is 2.04. The van der Waals surface area contributed by atoms with Crippen molar-refractivity contribution in [3.8, 4) is 5.69 Å². The molecule has 0 aliphatic carbocycles. The Morgan fingerprint density at radius 3 is 2.60 bits per heavy atom. The SMILES string of the molecule is CC(C)(N)CNC(=O)c1cnn(-c2ccccc2)n1.Cl. The molecule has 20 heavy (non-hydrogen) atoms. The number of hydrogen-bond donors (Lipinski definition) is 2. The molecule has 0 atom stereocenters. The minimum absolute atomic E-state index is 0. The summed E-state index contributed by atoms with van der Waals surface area (Å²) in [6.45, 7) is 4.06. The van der Waals surface area contributed by atoms with Gasteiger partial charge in [0, 0.05) is 12.1 Å². The highest BCUT2D eigenvalue weighted by atomic mass is 35.5. The lowest BCUT2D eigenvalue weighted by atomic mass is 10.1. The van der Waals surface area contributed by atoms with Crippen molar-refractivity contribution in [1.29, 1.82) is 0 Å². The van der Waals surface area contributed by atoms with E-state index in [0.717, 1.165) is 5.69 Å². The van der Waals surface area contributed by atoms with Gasteiger partial charge in [-0.2, -0.15) is 9.90 Å². The topological polar surface area (TPSA) is 85.8 Å². The largest absolute Gasteiger partial charge is 0.349 e. The number of para-hydroxylation sites is 1. The van der Waals surface area contributed by atoms with Gasteiger partial charge >= 0.3 is 0 Å². The molecule has 1 amide bonds. The molecule has 7 heteroatoms. The molecule has 0 spiro atoms. The Hall–Kier alpha value is -1.92. The molecular weight excluding hydrogens is 278 g/mol. The van der Waals surface area contributed by atoms with Crippen LogP contribution in [0, 0.1) is 0 Å². The van der Waals surface area contributed by atoms with Crippen molar-refractivity contribution in [2.24, 2.45) is 5.73 Å². The van der Waals surface area contributed by atoms with E-state index in [1.54, 1.807) is 0 Å². The van der Waals surface area contributed by atoms with Gasteiger partial charge in [-0.1, -0.05) is 18.2 Å². The molecule has 0 radical (unpaired) electrons. The summed E-state index contributed by atoms with van der Waals surface area (Å²) >= 11 is 0. The quantitative estimate of drug-likeness (QED) is 0.886. The lowest BCUT2D eigenvalue weighted by Crippen LogP contribution is -2.45. The molecule has 0 saturated heterocycles. The fourth-order valence-corrected chi connectivity index (χ4v) is 1.45. The third-order valence-electron chi connectivity index (χ3n) is 2.42. The highest BCUT2D eigenvalue weighted by Gasteiger charge is 2.15. The van der Waals surface area contributed by atoms with E-state index in [1.165, 1.54) is 11.0 Å². The molecular formula is C13H18ClN5O. The normalized spacial score (nSPS) is 10.8. The van der Waals surface area contributed by atoms with Crippen molar-refractivity contribution in [2.45, 2.75) is 19.4 Å². The summed E-state index contributed by atoms with van der Waals surface area (Å²) in [7, 11) is 0. The Bertz CT molecular complexity index is 562. The van der Waals surface area contributed by atoms with Crippen LogP contribution in [0.15, 0.2) is 36.5 Å². The molecule has 0 bridgehead atoms. The number of amides is 1. The average Bonchev–Trinajstić information content (AvgIpc) is 2.86. The molecule has 6 nitrogen and oxygen atoms in total. The number of hydrogen-bond acceptors (Lipinski definition) is 4. The summed E-state index contributed by atoms with van der Waals surface area (Å²) in [6, 6.07) is 9.41. The smallest absolute Gasteiger partial charge is 0.273 e. The van der Waals surface area contributed by atoms with Crippen molar-refractivity contribution >= 4 is 18.3 Å². The molecule has 0 fully saturated rings. The molecule has 1 aromatic heterocycles. The lowest BCUT2D eigenvalue weighted by Gasteiger charge is -2.18. The third kappa shape index (κ3) is 4.32. The Kier molecular flexibility index (Phi) is 5.24. The molecule has 3 N–H and O–H groups in total. The van der Waals surface area contributed by atoms with Crippen LogP contribution >= 0.6 is 12.4 Å². The van der Waals surface area contributed by atoms with Gasteiger partial charge < -0.3 is 11.1 Å². The first-order chi connectivity index (χ1) is 8.96. The van der Waals surface area contributed by atoms with E-state index >= 15 is 0 Å². The summed E-state index contributed by atoms with van der Waals surface area (Å²) in [6.07, 6.45) is 1.44. The first kappa shape index (κ1) is 16.1. The second kappa shape index (κ2) is 6.49. The maximum Gasteiger partial charge on any atom is 0.273 e. The summed E-state index contributed by atoms with van der Waals surface area (Å²) in [5.74, 6) is -0.277. The van der Waals surface area contributed by atoms with Crippen LogP contribution in [0.3, 0.4) is 0 Å². The molecule has 2 aromatic rings. The standard InChI is InChI=1S/C13H17N5O.ClH/c1-13(2,14)9-15-12(19)11-8-16-18(17-11)10-6-4-3-5-7-10;/h3-8H,9,14H2,1-2H3,(H,15,19);1H. The van der Waals surface area contributed by atoms with Crippen LogP contribution in [0.4, 0.5) is 0 Å². The molecule has 108 valence electrons. The van der Waals surface area contributed by atoms with Crippen LogP contribution in [-0.4, -0.2) is 33.0 Å². The fraction of sp³-hybridized carbons (Fsp3) is 0.308. The monoisotopic (exact) mass is 295 g/mol. The zero-order valence-corrected chi connectivity index (χ0v) is 12.2. The van der Waals surface area contributed by atoms with Crippen LogP contribution in [0.25, 0.3) is 5.69 Å². The van der Waals surface area contributed by atoms with Crippen LogP contribution in [0.5, 0.6) is 0 Å². The Morgan fingerprint density at radius 1 is 1.35 bits per heavy atom. The first-order valence-corrected chi connectivity index (χ1v) is 6.00.